The Morgan fingerprint density at radius 2 is 2.05 bits per heavy atom. The molecule has 2 rings (SSSR count). The van der Waals surface area contributed by atoms with Crippen LogP contribution < -0.4 is 11.3 Å². The fourth-order valence-electron chi connectivity index (χ4n) is 3.31. The third-order valence-electron chi connectivity index (χ3n) is 4.58. The molecule has 0 bridgehead atoms. The summed E-state index contributed by atoms with van der Waals surface area (Å²) in [6.45, 7) is 3.24. The summed E-state index contributed by atoms with van der Waals surface area (Å²) in [5, 5.41) is 0. The minimum Gasteiger partial charge on any atom is -0.299 e. The van der Waals surface area contributed by atoms with Crippen molar-refractivity contribution in [1.82, 2.24) is 10.3 Å². The predicted molar refractivity (Wildman–Crippen MR) is 85.4 cm³/mol. The van der Waals surface area contributed by atoms with E-state index in [1.807, 2.05) is 18.2 Å². The highest BCUT2D eigenvalue weighted by Crippen LogP contribution is 2.27. The molecule has 1 aliphatic rings. The van der Waals surface area contributed by atoms with Gasteiger partial charge in [-0.05, 0) is 36.9 Å². The van der Waals surface area contributed by atoms with Crippen LogP contribution in [0.25, 0.3) is 0 Å². The van der Waals surface area contributed by atoms with E-state index < -0.39 is 0 Å². The molecule has 2 unspecified atom stereocenters. The Hall–Kier alpha value is -1.39. The number of nitrogens with one attached hydrogen (secondary N) is 1. The molecule has 1 aromatic carbocycles. The second-order valence-electron chi connectivity index (χ2n) is 6.35. The van der Waals surface area contributed by atoms with E-state index in [1.54, 1.807) is 0 Å². The number of amides is 1. The number of nitrogens with zero attached hydrogens (tertiary/aromatic N) is 1. The van der Waals surface area contributed by atoms with E-state index in [0.717, 1.165) is 18.0 Å². The molecule has 1 aliphatic carbocycles. The second-order valence-corrected chi connectivity index (χ2v) is 6.35. The van der Waals surface area contributed by atoms with E-state index in [2.05, 4.69) is 30.4 Å². The van der Waals surface area contributed by atoms with Crippen molar-refractivity contribution in [2.45, 2.75) is 51.6 Å². The Bertz CT molecular complexity index is 475. The Morgan fingerprint density at radius 3 is 2.71 bits per heavy atom. The highest BCUT2D eigenvalue weighted by Gasteiger charge is 2.22. The molecule has 0 spiro atoms. The molecule has 2 atom stereocenters. The highest BCUT2D eigenvalue weighted by molar-refractivity contribution is 5.78. The number of carbonyl (C=O) groups excluding carboxylic acids is 1. The van der Waals surface area contributed by atoms with Crippen molar-refractivity contribution >= 4 is 5.91 Å². The number of hydrogen-bond acceptors (Lipinski definition) is 3. The van der Waals surface area contributed by atoms with Crippen LogP contribution in [0.1, 0.15) is 43.7 Å². The number of carbonyl (C=O) groups is 1. The maximum absolute atomic E-state index is 11.5. The standard InChI is InChI=1S/C17H27N3O/c1-13-6-5-9-16(10-13)20(2)12-15-8-4-3-7-14(15)11-17(21)19-18/h3-4,7-8,13,16H,5-6,9-12,18H2,1-2H3,(H,19,21). The van der Waals surface area contributed by atoms with Gasteiger partial charge in [-0.2, -0.15) is 0 Å². The van der Waals surface area contributed by atoms with E-state index in [-0.39, 0.29) is 5.91 Å². The zero-order valence-corrected chi connectivity index (χ0v) is 13.1. The lowest BCUT2D eigenvalue weighted by Crippen LogP contribution is -2.35. The Balaban J connectivity index is 2.02. The summed E-state index contributed by atoms with van der Waals surface area (Å²) in [6.07, 6.45) is 5.60. The van der Waals surface area contributed by atoms with Gasteiger partial charge >= 0.3 is 0 Å². The highest BCUT2D eigenvalue weighted by atomic mass is 16.2. The van der Waals surface area contributed by atoms with Crippen LogP contribution in [0.5, 0.6) is 0 Å². The van der Waals surface area contributed by atoms with Gasteiger partial charge in [-0.15, -0.1) is 0 Å². The van der Waals surface area contributed by atoms with Crippen LogP contribution in [-0.2, 0) is 17.8 Å². The minimum atomic E-state index is -0.142. The molecule has 0 aliphatic heterocycles. The van der Waals surface area contributed by atoms with Gasteiger partial charge < -0.3 is 0 Å². The van der Waals surface area contributed by atoms with Crippen molar-refractivity contribution in [2.24, 2.45) is 11.8 Å². The lowest BCUT2D eigenvalue weighted by atomic mass is 9.86. The third-order valence-corrected chi connectivity index (χ3v) is 4.58. The van der Waals surface area contributed by atoms with Crippen LogP contribution in [0, 0.1) is 5.92 Å². The van der Waals surface area contributed by atoms with Gasteiger partial charge in [0.2, 0.25) is 5.91 Å². The molecular weight excluding hydrogens is 262 g/mol. The summed E-state index contributed by atoms with van der Waals surface area (Å²) >= 11 is 0. The fraction of sp³-hybridized carbons (Fsp3) is 0.588. The van der Waals surface area contributed by atoms with Crippen molar-refractivity contribution in [3.8, 4) is 0 Å². The Morgan fingerprint density at radius 1 is 1.33 bits per heavy atom. The molecular formula is C17H27N3O. The molecule has 1 aromatic rings. The van der Waals surface area contributed by atoms with Gasteiger partial charge in [0, 0.05) is 12.6 Å². The number of hydrazine groups is 1. The molecule has 0 heterocycles. The molecule has 0 aromatic heterocycles. The molecule has 1 fully saturated rings. The smallest absolute Gasteiger partial charge is 0.238 e. The fourth-order valence-corrected chi connectivity index (χ4v) is 3.31. The quantitative estimate of drug-likeness (QED) is 0.496. The van der Waals surface area contributed by atoms with Gasteiger partial charge in [0.25, 0.3) is 0 Å². The Labute approximate surface area is 127 Å². The normalized spacial score (nSPS) is 22.3. The van der Waals surface area contributed by atoms with Crippen LogP contribution in [0.15, 0.2) is 24.3 Å². The van der Waals surface area contributed by atoms with Crippen LogP contribution in [-0.4, -0.2) is 23.9 Å². The maximum Gasteiger partial charge on any atom is 0.238 e. The van der Waals surface area contributed by atoms with Gasteiger partial charge in [-0.1, -0.05) is 44.0 Å². The van der Waals surface area contributed by atoms with Gasteiger partial charge in [0.1, 0.15) is 0 Å². The zero-order valence-electron chi connectivity index (χ0n) is 13.1. The zero-order chi connectivity index (χ0) is 15.2. The van der Waals surface area contributed by atoms with Crippen LogP contribution in [0.4, 0.5) is 0 Å². The number of rotatable bonds is 5. The van der Waals surface area contributed by atoms with Crippen LogP contribution in [0.2, 0.25) is 0 Å². The predicted octanol–water partition coefficient (Wildman–Crippen LogP) is 2.23. The van der Waals surface area contributed by atoms with E-state index in [1.165, 1.54) is 31.2 Å². The third kappa shape index (κ3) is 4.55. The van der Waals surface area contributed by atoms with Crippen molar-refractivity contribution in [3.05, 3.63) is 35.4 Å². The summed E-state index contributed by atoms with van der Waals surface area (Å²) in [6, 6.07) is 8.80. The van der Waals surface area contributed by atoms with E-state index in [9.17, 15) is 4.79 Å². The molecule has 0 saturated heterocycles. The number of nitrogens with two attached hydrogens (primary N) is 1. The lowest BCUT2D eigenvalue weighted by molar-refractivity contribution is -0.120. The summed E-state index contributed by atoms with van der Waals surface area (Å²) in [4.78, 5) is 14.0. The number of hydrogen-bond donors (Lipinski definition) is 2. The van der Waals surface area contributed by atoms with E-state index in [0.29, 0.717) is 12.5 Å². The van der Waals surface area contributed by atoms with Crippen molar-refractivity contribution in [1.29, 1.82) is 0 Å². The van der Waals surface area contributed by atoms with Crippen LogP contribution in [0.3, 0.4) is 0 Å². The first-order valence-corrected chi connectivity index (χ1v) is 7.86. The first-order chi connectivity index (χ1) is 10.1. The van der Waals surface area contributed by atoms with Crippen LogP contribution >= 0.6 is 0 Å². The molecule has 116 valence electrons. The van der Waals surface area contributed by atoms with Crippen molar-refractivity contribution < 1.29 is 4.79 Å². The Kier molecular flexibility index (Phi) is 5.76. The minimum absolute atomic E-state index is 0.142. The summed E-state index contributed by atoms with van der Waals surface area (Å²) < 4.78 is 0. The summed E-state index contributed by atoms with van der Waals surface area (Å²) in [5.74, 6) is 5.87. The number of benzene rings is 1. The van der Waals surface area contributed by atoms with Gasteiger partial charge in [-0.3, -0.25) is 15.1 Å². The molecule has 4 heteroatoms. The first-order valence-electron chi connectivity index (χ1n) is 7.86. The SMILES string of the molecule is CC1CCCC(N(C)Cc2ccccc2CC(=O)NN)C1. The van der Waals surface area contributed by atoms with Crippen molar-refractivity contribution in [3.63, 3.8) is 0 Å². The van der Waals surface area contributed by atoms with Gasteiger partial charge in [0.15, 0.2) is 0 Å². The lowest BCUT2D eigenvalue weighted by Gasteiger charge is -2.34. The van der Waals surface area contributed by atoms with Gasteiger partial charge in [0.05, 0.1) is 6.42 Å². The molecule has 0 radical (unpaired) electrons. The second kappa shape index (κ2) is 7.57. The first kappa shape index (κ1) is 16.0. The molecule has 3 N–H and O–H groups in total. The average molecular weight is 289 g/mol. The largest absolute Gasteiger partial charge is 0.299 e. The van der Waals surface area contributed by atoms with Gasteiger partial charge in [-0.25, -0.2) is 5.84 Å². The molecule has 1 saturated carbocycles. The topological polar surface area (TPSA) is 58.4 Å². The molecule has 1 amide bonds. The maximum atomic E-state index is 11.5. The molecule has 21 heavy (non-hydrogen) atoms. The summed E-state index contributed by atoms with van der Waals surface area (Å²) in [7, 11) is 2.20. The average Bonchev–Trinajstić information content (AvgIpc) is 2.49. The van der Waals surface area contributed by atoms with E-state index in [4.69, 9.17) is 5.84 Å². The molecule has 4 nitrogen and oxygen atoms in total. The van der Waals surface area contributed by atoms with E-state index >= 15 is 0 Å². The van der Waals surface area contributed by atoms with Crippen molar-refractivity contribution in [2.75, 3.05) is 7.05 Å². The summed E-state index contributed by atoms with van der Waals surface area (Å²) in [5.41, 5.74) is 4.50. The monoisotopic (exact) mass is 289 g/mol.